The molecule has 238 valence electrons. The quantitative estimate of drug-likeness (QED) is 0.344. The van der Waals surface area contributed by atoms with Crippen LogP contribution >= 0.6 is 0 Å². The number of amides is 1. The number of carbonyl (C=O) groups is 1. The van der Waals surface area contributed by atoms with Crippen molar-refractivity contribution in [3.63, 3.8) is 0 Å². The maximum absolute atomic E-state index is 12.7. The predicted molar refractivity (Wildman–Crippen MR) is 177 cm³/mol. The van der Waals surface area contributed by atoms with Crippen LogP contribution in [0.3, 0.4) is 0 Å². The Balaban J connectivity index is 1.10. The summed E-state index contributed by atoms with van der Waals surface area (Å²) in [6, 6.07) is 13.1. The summed E-state index contributed by atoms with van der Waals surface area (Å²) in [5, 5.41) is 6.99. The molecule has 11 nitrogen and oxygen atoms in total. The van der Waals surface area contributed by atoms with Crippen molar-refractivity contribution in [2.75, 3.05) is 68.5 Å². The average Bonchev–Trinajstić information content (AvgIpc) is 3.80. The number of benzene rings is 1. The van der Waals surface area contributed by atoms with Crippen LogP contribution in [-0.2, 0) is 4.74 Å². The topological polar surface area (TPSA) is 125 Å². The summed E-state index contributed by atoms with van der Waals surface area (Å²) in [4.78, 5) is 34.6. The van der Waals surface area contributed by atoms with Crippen molar-refractivity contribution >= 4 is 28.9 Å². The fraction of sp³-hybridized carbons (Fsp3) is 0.529. The van der Waals surface area contributed by atoms with E-state index < -0.39 is 5.91 Å². The number of ether oxygens (including phenoxy) is 1. The van der Waals surface area contributed by atoms with E-state index >= 15 is 0 Å². The molecule has 45 heavy (non-hydrogen) atoms. The standard InChI is InChI=1S/C34H45N9O2/c1-23-4-3-14-36-28(23)29-32(38-25-11-21-45-34(22-25)12-13-34)40-33(30(39-29)31(35)44)37-24-5-7-26(8-6-24)42-15-9-27(10-16-42)43-19-17-41(2)18-20-43/h3-8,14,25,27H,9-13,15-22H2,1-2H3,(H2,35,44)(H2,37,38,40). The zero-order valence-corrected chi connectivity index (χ0v) is 26.5. The van der Waals surface area contributed by atoms with Crippen LogP contribution in [0.5, 0.6) is 0 Å². The monoisotopic (exact) mass is 611 g/mol. The summed E-state index contributed by atoms with van der Waals surface area (Å²) >= 11 is 0. The summed E-state index contributed by atoms with van der Waals surface area (Å²) in [6.07, 6.45) is 8.10. The molecule has 0 bridgehead atoms. The lowest BCUT2D eigenvalue weighted by Gasteiger charge is -2.42. The lowest BCUT2D eigenvalue weighted by atomic mass is 10.0. The molecule has 1 saturated carbocycles. The van der Waals surface area contributed by atoms with Crippen molar-refractivity contribution in [1.29, 1.82) is 0 Å². The van der Waals surface area contributed by atoms with Gasteiger partial charge in [-0.2, -0.15) is 0 Å². The summed E-state index contributed by atoms with van der Waals surface area (Å²) in [6.45, 7) is 9.48. The largest absolute Gasteiger partial charge is 0.375 e. The van der Waals surface area contributed by atoms with Crippen LogP contribution in [0.4, 0.5) is 23.0 Å². The van der Waals surface area contributed by atoms with Crippen molar-refractivity contribution in [2.24, 2.45) is 5.73 Å². The van der Waals surface area contributed by atoms with Crippen LogP contribution in [0.25, 0.3) is 11.4 Å². The number of aromatic nitrogens is 3. The number of piperidine rings is 1. The minimum absolute atomic E-state index is 0.000252. The third-order valence-corrected chi connectivity index (χ3v) is 10.0. The van der Waals surface area contributed by atoms with Crippen molar-refractivity contribution in [3.05, 3.63) is 53.9 Å². The SMILES string of the molecule is Cc1cccnc1-c1nc(C(N)=O)c(Nc2ccc(N3CCC(N4CCN(C)CC4)CC3)cc2)nc1NC1CCOC2(CC2)C1. The van der Waals surface area contributed by atoms with Crippen molar-refractivity contribution in [3.8, 4) is 11.4 Å². The Morgan fingerprint density at radius 2 is 1.71 bits per heavy atom. The Kier molecular flexibility index (Phi) is 8.32. The van der Waals surface area contributed by atoms with Gasteiger partial charge in [-0.3, -0.25) is 14.7 Å². The first-order valence-electron chi connectivity index (χ1n) is 16.4. The van der Waals surface area contributed by atoms with Crippen LogP contribution in [0.1, 0.15) is 54.6 Å². The molecule has 0 radical (unpaired) electrons. The average molecular weight is 612 g/mol. The van der Waals surface area contributed by atoms with Crippen molar-refractivity contribution < 1.29 is 9.53 Å². The second kappa shape index (κ2) is 12.5. The number of anilines is 4. The number of nitrogens with zero attached hydrogens (tertiary/aromatic N) is 6. The van der Waals surface area contributed by atoms with E-state index in [1.165, 1.54) is 31.6 Å². The third-order valence-electron chi connectivity index (χ3n) is 10.0. The van der Waals surface area contributed by atoms with E-state index in [1.807, 2.05) is 31.2 Å². The molecule has 1 aliphatic carbocycles. The summed E-state index contributed by atoms with van der Waals surface area (Å²) in [7, 11) is 2.21. The van der Waals surface area contributed by atoms with Gasteiger partial charge in [0.25, 0.3) is 5.91 Å². The van der Waals surface area contributed by atoms with E-state index in [1.54, 1.807) is 6.20 Å². The Morgan fingerprint density at radius 3 is 2.40 bits per heavy atom. The first-order valence-corrected chi connectivity index (χ1v) is 16.4. The lowest BCUT2D eigenvalue weighted by molar-refractivity contribution is -0.00884. The molecule has 5 heterocycles. The molecule has 3 aromatic rings. The second-order valence-electron chi connectivity index (χ2n) is 13.2. The van der Waals surface area contributed by atoms with Gasteiger partial charge in [-0.25, -0.2) is 9.97 Å². The smallest absolute Gasteiger partial charge is 0.271 e. The Morgan fingerprint density at radius 1 is 0.956 bits per heavy atom. The van der Waals surface area contributed by atoms with Gasteiger partial charge < -0.3 is 30.9 Å². The maximum atomic E-state index is 12.7. The van der Waals surface area contributed by atoms with Gasteiger partial charge >= 0.3 is 0 Å². The zero-order chi connectivity index (χ0) is 31.0. The van der Waals surface area contributed by atoms with Crippen molar-refractivity contribution in [2.45, 2.75) is 63.1 Å². The molecule has 1 aromatic carbocycles. The Labute approximate surface area is 265 Å². The molecular weight excluding hydrogens is 566 g/mol. The number of hydrogen-bond donors (Lipinski definition) is 3. The van der Waals surface area contributed by atoms with Crippen LogP contribution in [-0.4, -0.2) is 101 Å². The molecule has 4 N–H and O–H groups in total. The highest BCUT2D eigenvalue weighted by molar-refractivity contribution is 5.97. The molecule has 3 aliphatic heterocycles. The number of hydrogen-bond acceptors (Lipinski definition) is 10. The van der Waals surface area contributed by atoms with Gasteiger partial charge in [-0.1, -0.05) is 6.07 Å². The number of likely N-dealkylation sites (N-methyl/N-ethyl adjacent to an activating group) is 1. The lowest BCUT2D eigenvalue weighted by Crippen LogP contribution is -2.52. The van der Waals surface area contributed by atoms with E-state index in [9.17, 15) is 4.79 Å². The Hall–Kier alpha value is -3.80. The molecule has 1 atom stereocenters. The van der Waals surface area contributed by atoms with Crippen LogP contribution in [0.15, 0.2) is 42.6 Å². The van der Waals surface area contributed by atoms with E-state index in [0.29, 0.717) is 35.7 Å². The number of primary amides is 1. The van der Waals surface area contributed by atoms with Gasteiger partial charge in [0.05, 0.1) is 11.3 Å². The first-order chi connectivity index (χ1) is 21.9. The molecule has 7 rings (SSSR count). The fourth-order valence-electron chi connectivity index (χ4n) is 7.09. The van der Waals surface area contributed by atoms with Crippen LogP contribution < -0.4 is 21.3 Å². The molecular formula is C34H45N9O2. The second-order valence-corrected chi connectivity index (χ2v) is 13.2. The van der Waals surface area contributed by atoms with Gasteiger partial charge in [-0.05, 0) is 88.4 Å². The molecule has 1 unspecified atom stereocenters. The highest BCUT2D eigenvalue weighted by atomic mass is 16.5. The molecule has 11 heteroatoms. The van der Waals surface area contributed by atoms with Gasteiger partial charge in [0.2, 0.25) is 0 Å². The molecule has 1 amide bonds. The summed E-state index contributed by atoms with van der Waals surface area (Å²) in [5.74, 6) is 0.275. The predicted octanol–water partition coefficient (Wildman–Crippen LogP) is 4.03. The Bertz CT molecular complexity index is 1510. The van der Waals surface area contributed by atoms with E-state index in [-0.39, 0.29) is 17.3 Å². The molecule has 2 aromatic heterocycles. The number of rotatable bonds is 8. The number of aryl methyl sites for hydroxylation is 1. The first kappa shape index (κ1) is 29.9. The van der Waals surface area contributed by atoms with Gasteiger partial charge in [0.1, 0.15) is 5.69 Å². The minimum atomic E-state index is -0.644. The van der Waals surface area contributed by atoms with Gasteiger partial charge in [0, 0.05) is 75.5 Å². The highest BCUT2D eigenvalue weighted by Crippen LogP contribution is 2.47. The normalized spacial score (nSPS) is 22.4. The number of carbonyl (C=O) groups excluding carboxylic acids is 1. The maximum Gasteiger partial charge on any atom is 0.271 e. The summed E-state index contributed by atoms with van der Waals surface area (Å²) in [5.41, 5.74) is 10.1. The van der Waals surface area contributed by atoms with Crippen LogP contribution in [0.2, 0.25) is 0 Å². The van der Waals surface area contributed by atoms with Gasteiger partial charge in [0.15, 0.2) is 17.3 Å². The number of piperazine rings is 1. The molecule has 4 aliphatic rings. The number of nitrogens with one attached hydrogen (secondary N) is 2. The van der Waals surface area contributed by atoms with E-state index in [0.717, 1.165) is 63.1 Å². The minimum Gasteiger partial charge on any atom is -0.375 e. The molecule has 1 spiro atoms. The van der Waals surface area contributed by atoms with Gasteiger partial charge in [-0.15, -0.1) is 0 Å². The number of nitrogens with two attached hydrogens (primary N) is 1. The molecule has 3 saturated heterocycles. The van der Waals surface area contributed by atoms with Crippen molar-refractivity contribution in [1.82, 2.24) is 24.8 Å². The highest BCUT2D eigenvalue weighted by Gasteiger charge is 2.48. The van der Waals surface area contributed by atoms with E-state index in [2.05, 4.69) is 49.5 Å². The number of pyridine rings is 1. The third kappa shape index (κ3) is 6.61. The van der Waals surface area contributed by atoms with E-state index in [4.69, 9.17) is 20.4 Å². The zero-order valence-electron chi connectivity index (χ0n) is 26.5. The van der Waals surface area contributed by atoms with Crippen LogP contribution in [0, 0.1) is 6.92 Å². The summed E-state index contributed by atoms with van der Waals surface area (Å²) < 4.78 is 6.05. The molecule has 4 fully saturated rings. The fourth-order valence-corrected chi connectivity index (χ4v) is 7.09.